The molecule has 0 aromatic heterocycles. The molecule has 1 aromatic carbocycles. The molecule has 0 bridgehead atoms. The van der Waals surface area contributed by atoms with Crippen LogP contribution in [0, 0.1) is 5.41 Å². The standard InChI is InChI=1S/C17H26N2O4/c1-17(2,3)16(21)18-12-15(20)19(4)10-11-23-14-8-6-13(22-5)7-9-14/h6-9H,10-12H2,1-5H3,(H,18,21). The lowest BCUT2D eigenvalue weighted by Gasteiger charge is -2.20. The minimum atomic E-state index is -0.504. The molecule has 1 aromatic rings. The zero-order chi connectivity index (χ0) is 17.5. The molecule has 0 heterocycles. The third-order valence-corrected chi connectivity index (χ3v) is 3.26. The van der Waals surface area contributed by atoms with Crippen molar-refractivity contribution in [1.29, 1.82) is 0 Å². The largest absolute Gasteiger partial charge is 0.497 e. The molecule has 0 saturated heterocycles. The molecule has 0 aliphatic heterocycles. The van der Waals surface area contributed by atoms with Crippen LogP contribution in [-0.4, -0.2) is 50.6 Å². The molecular weight excluding hydrogens is 296 g/mol. The molecule has 0 saturated carbocycles. The molecule has 1 N–H and O–H groups in total. The van der Waals surface area contributed by atoms with E-state index in [1.807, 2.05) is 24.3 Å². The van der Waals surface area contributed by atoms with Crippen LogP contribution in [0.25, 0.3) is 0 Å². The van der Waals surface area contributed by atoms with Crippen molar-refractivity contribution in [1.82, 2.24) is 10.2 Å². The van der Waals surface area contributed by atoms with E-state index in [0.717, 1.165) is 5.75 Å². The Morgan fingerprint density at radius 1 is 1.13 bits per heavy atom. The number of nitrogens with zero attached hydrogens (tertiary/aromatic N) is 1. The van der Waals surface area contributed by atoms with E-state index in [-0.39, 0.29) is 18.4 Å². The van der Waals surface area contributed by atoms with Crippen molar-refractivity contribution < 1.29 is 19.1 Å². The van der Waals surface area contributed by atoms with Crippen LogP contribution in [0.15, 0.2) is 24.3 Å². The number of amides is 2. The number of carbonyl (C=O) groups is 2. The summed E-state index contributed by atoms with van der Waals surface area (Å²) < 4.78 is 10.6. The summed E-state index contributed by atoms with van der Waals surface area (Å²) in [7, 11) is 3.29. The van der Waals surface area contributed by atoms with Crippen LogP contribution in [0.4, 0.5) is 0 Å². The lowest BCUT2D eigenvalue weighted by atomic mass is 9.96. The number of hydrogen-bond acceptors (Lipinski definition) is 4. The Balaban J connectivity index is 2.31. The van der Waals surface area contributed by atoms with E-state index in [9.17, 15) is 9.59 Å². The second-order valence-electron chi connectivity index (χ2n) is 6.27. The van der Waals surface area contributed by atoms with Crippen molar-refractivity contribution in [3.8, 4) is 11.5 Å². The summed E-state index contributed by atoms with van der Waals surface area (Å²) >= 11 is 0. The number of benzene rings is 1. The first-order valence-electron chi connectivity index (χ1n) is 7.53. The van der Waals surface area contributed by atoms with Gasteiger partial charge in [0.1, 0.15) is 18.1 Å². The van der Waals surface area contributed by atoms with Gasteiger partial charge in [0, 0.05) is 12.5 Å². The van der Waals surface area contributed by atoms with E-state index in [1.165, 1.54) is 4.90 Å². The summed E-state index contributed by atoms with van der Waals surface area (Å²) in [5.41, 5.74) is -0.504. The van der Waals surface area contributed by atoms with Crippen LogP contribution in [0.5, 0.6) is 11.5 Å². The number of nitrogens with one attached hydrogen (secondary N) is 1. The molecule has 1 rings (SSSR count). The highest BCUT2D eigenvalue weighted by Crippen LogP contribution is 2.16. The zero-order valence-electron chi connectivity index (χ0n) is 14.5. The van der Waals surface area contributed by atoms with E-state index in [2.05, 4.69) is 5.32 Å². The summed E-state index contributed by atoms with van der Waals surface area (Å²) in [6.45, 7) is 6.23. The van der Waals surface area contributed by atoms with Crippen molar-refractivity contribution >= 4 is 11.8 Å². The highest BCUT2D eigenvalue weighted by atomic mass is 16.5. The zero-order valence-corrected chi connectivity index (χ0v) is 14.5. The fourth-order valence-corrected chi connectivity index (χ4v) is 1.65. The number of rotatable bonds is 7. The van der Waals surface area contributed by atoms with Gasteiger partial charge in [0.2, 0.25) is 11.8 Å². The van der Waals surface area contributed by atoms with Gasteiger partial charge in [0.15, 0.2) is 0 Å². The lowest BCUT2D eigenvalue weighted by Crippen LogP contribution is -2.43. The third kappa shape index (κ3) is 6.59. The Hall–Kier alpha value is -2.24. The summed E-state index contributed by atoms with van der Waals surface area (Å²) in [4.78, 5) is 25.2. The highest BCUT2D eigenvalue weighted by molar-refractivity contribution is 5.87. The number of hydrogen-bond donors (Lipinski definition) is 1. The molecule has 0 aliphatic carbocycles. The summed E-state index contributed by atoms with van der Waals surface area (Å²) in [6, 6.07) is 7.24. The summed E-state index contributed by atoms with van der Waals surface area (Å²) in [6.07, 6.45) is 0. The van der Waals surface area contributed by atoms with E-state index in [0.29, 0.717) is 18.9 Å². The first-order valence-corrected chi connectivity index (χ1v) is 7.53. The van der Waals surface area contributed by atoms with Crippen molar-refractivity contribution in [3.05, 3.63) is 24.3 Å². The normalized spacial score (nSPS) is 10.8. The topological polar surface area (TPSA) is 67.9 Å². The van der Waals surface area contributed by atoms with Crippen molar-refractivity contribution in [3.63, 3.8) is 0 Å². The van der Waals surface area contributed by atoms with Crippen LogP contribution in [-0.2, 0) is 9.59 Å². The molecule has 6 heteroatoms. The van der Waals surface area contributed by atoms with Gasteiger partial charge in [-0.2, -0.15) is 0 Å². The quantitative estimate of drug-likeness (QED) is 0.829. The van der Waals surface area contributed by atoms with Crippen LogP contribution in [0.3, 0.4) is 0 Å². The Morgan fingerprint density at radius 3 is 2.22 bits per heavy atom. The molecule has 0 atom stereocenters. The maximum Gasteiger partial charge on any atom is 0.241 e. The Morgan fingerprint density at radius 2 is 1.70 bits per heavy atom. The number of carbonyl (C=O) groups excluding carboxylic acids is 2. The van der Waals surface area contributed by atoms with E-state index in [1.54, 1.807) is 34.9 Å². The molecule has 0 radical (unpaired) electrons. The minimum absolute atomic E-state index is 0.00482. The molecule has 128 valence electrons. The van der Waals surface area contributed by atoms with Gasteiger partial charge in [-0.1, -0.05) is 20.8 Å². The molecule has 0 spiro atoms. The molecule has 6 nitrogen and oxygen atoms in total. The lowest BCUT2D eigenvalue weighted by molar-refractivity contribution is -0.134. The van der Waals surface area contributed by atoms with Gasteiger partial charge in [-0.3, -0.25) is 9.59 Å². The Bertz CT molecular complexity index is 520. The van der Waals surface area contributed by atoms with Crippen LogP contribution in [0.1, 0.15) is 20.8 Å². The van der Waals surface area contributed by atoms with Gasteiger partial charge in [-0.05, 0) is 24.3 Å². The van der Waals surface area contributed by atoms with Crippen molar-refractivity contribution in [2.24, 2.45) is 5.41 Å². The third-order valence-electron chi connectivity index (χ3n) is 3.26. The average molecular weight is 322 g/mol. The predicted molar refractivity (Wildman–Crippen MR) is 88.6 cm³/mol. The molecule has 0 unspecified atom stereocenters. The molecular formula is C17H26N2O4. The van der Waals surface area contributed by atoms with Crippen LogP contribution >= 0.6 is 0 Å². The molecule has 0 fully saturated rings. The molecule has 23 heavy (non-hydrogen) atoms. The van der Waals surface area contributed by atoms with Gasteiger partial charge in [-0.15, -0.1) is 0 Å². The summed E-state index contributed by atoms with van der Waals surface area (Å²) in [5, 5.41) is 2.64. The van der Waals surface area contributed by atoms with Gasteiger partial charge in [-0.25, -0.2) is 0 Å². The molecule has 0 aliphatic rings. The maximum absolute atomic E-state index is 11.9. The minimum Gasteiger partial charge on any atom is -0.497 e. The SMILES string of the molecule is COc1ccc(OCCN(C)C(=O)CNC(=O)C(C)(C)C)cc1. The second kappa shape index (κ2) is 8.41. The van der Waals surface area contributed by atoms with Gasteiger partial charge in [0.05, 0.1) is 20.2 Å². The fraction of sp³-hybridized carbons (Fsp3) is 0.529. The van der Waals surface area contributed by atoms with E-state index in [4.69, 9.17) is 9.47 Å². The maximum atomic E-state index is 11.9. The second-order valence-corrected chi connectivity index (χ2v) is 6.27. The molecule has 2 amide bonds. The average Bonchev–Trinajstić information content (AvgIpc) is 2.51. The number of likely N-dealkylation sites (N-methyl/N-ethyl adjacent to an activating group) is 1. The highest BCUT2D eigenvalue weighted by Gasteiger charge is 2.22. The van der Waals surface area contributed by atoms with Crippen LogP contribution in [0.2, 0.25) is 0 Å². The number of methoxy groups -OCH3 is 1. The van der Waals surface area contributed by atoms with Crippen molar-refractivity contribution in [2.45, 2.75) is 20.8 Å². The Kier molecular flexibility index (Phi) is 6.88. The fourth-order valence-electron chi connectivity index (χ4n) is 1.65. The smallest absolute Gasteiger partial charge is 0.241 e. The predicted octanol–water partition coefficient (Wildman–Crippen LogP) is 1.69. The van der Waals surface area contributed by atoms with E-state index < -0.39 is 5.41 Å². The first-order chi connectivity index (χ1) is 10.7. The van der Waals surface area contributed by atoms with Gasteiger partial charge < -0.3 is 19.7 Å². The van der Waals surface area contributed by atoms with Crippen LogP contribution < -0.4 is 14.8 Å². The summed E-state index contributed by atoms with van der Waals surface area (Å²) in [5.74, 6) is 1.18. The van der Waals surface area contributed by atoms with Crippen molar-refractivity contribution in [2.75, 3.05) is 33.9 Å². The van der Waals surface area contributed by atoms with E-state index >= 15 is 0 Å². The van der Waals surface area contributed by atoms with Gasteiger partial charge >= 0.3 is 0 Å². The number of ether oxygens (including phenoxy) is 2. The van der Waals surface area contributed by atoms with Gasteiger partial charge in [0.25, 0.3) is 0 Å². The first kappa shape index (κ1) is 18.8. The Labute approximate surface area is 137 Å². The monoisotopic (exact) mass is 322 g/mol.